The van der Waals surface area contributed by atoms with E-state index in [0.29, 0.717) is 36.1 Å². The molecule has 1 aliphatic rings. The molecular formula is C31H29ClF3NO4. The highest BCUT2D eigenvalue weighted by molar-refractivity contribution is 6.30. The first-order valence-electron chi connectivity index (χ1n) is 12.9. The van der Waals surface area contributed by atoms with Crippen LogP contribution in [0.2, 0.25) is 5.02 Å². The Hall–Kier alpha value is -3.62. The van der Waals surface area contributed by atoms with E-state index >= 15 is 0 Å². The van der Waals surface area contributed by atoms with E-state index in [1.807, 2.05) is 12.1 Å². The summed E-state index contributed by atoms with van der Waals surface area (Å²) in [5, 5.41) is 10.8. The number of aliphatic hydroxyl groups is 1. The standard InChI is InChI=1S/C31H29ClF3NO4/c1-40-30(39)21-9-7-20(8-10-21)4-3-17-36-25(13-16-29(36)38)12-15-28(37)23-6-2-5-22(18-23)26-14-11-24(32)19-27(26)31(33,34)35/h2,5-12,14-15,18-19,25,28,37H,3-4,13,16-17H2,1H3/b15-12+/t25-,28?/m0/s1. The zero-order valence-corrected chi connectivity index (χ0v) is 22.6. The Morgan fingerprint density at radius 2 is 1.90 bits per heavy atom. The van der Waals surface area contributed by atoms with Gasteiger partial charge in [0.2, 0.25) is 5.91 Å². The molecule has 5 nitrogen and oxygen atoms in total. The van der Waals surface area contributed by atoms with E-state index in [9.17, 15) is 27.9 Å². The average Bonchev–Trinajstić information content (AvgIpc) is 3.30. The number of aryl methyl sites for hydroxylation is 1. The summed E-state index contributed by atoms with van der Waals surface area (Å²) in [6, 6.07) is 16.9. The fraction of sp³-hybridized carbons (Fsp3) is 0.290. The number of ether oxygens (including phenoxy) is 1. The van der Waals surface area contributed by atoms with Gasteiger partial charge in [-0.1, -0.05) is 60.2 Å². The molecular weight excluding hydrogens is 543 g/mol. The van der Waals surface area contributed by atoms with Crippen molar-refractivity contribution in [2.24, 2.45) is 0 Å². The number of nitrogens with zero attached hydrogens (tertiary/aromatic N) is 1. The number of esters is 1. The SMILES string of the molecule is COC(=O)c1ccc(CCCN2C(=O)CC[C@@H]2/C=C/C(O)c2cccc(-c3ccc(Cl)cc3C(F)(F)F)c2)cc1. The van der Waals surface area contributed by atoms with Crippen molar-refractivity contribution in [2.45, 2.75) is 44.0 Å². The molecule has 1 aliphatic heterocycles. The van der Waals surface area contributed by atoms with Crippen LogP contribution in [0.4, 0.5) is 13.2 Å². The van der Waals surface area contributed by atoms with E-state index in [1.165, 1.54) is 25.3 Å². The highest BCUT2D eigenvalue weighted by atomic mass is 35.5. The molecule has 3 aromatic rings. The lowest BCUT2D eigenvalue weighted by Crippen LogP contribution is -2.33. The van der Waals surface area contributed by atoms with Gasteiger partial charge in [-0.3, -0.25) is 4.79 Å². The second-order valence-electron chi connectivity index (χ2n) is 9.63. The first-order chi connectivity index (χ1) is 19.1. The molecule has 3 aromatic carbocycles. The normalized spacial score (nSPS) is 16.5. The molecule has 9 heteroatoms. The van der Waals surface area contributed by atoms with Gasteiger partial charge < -0.3 is 14.7 Å². The van der Waals surface area contributed by atoms with E-state index in [-0.39, 0.29) is 22.5 Å². The lowest BCUT2D eigenvalue weighted by atomic mass is 9.96. The Morgan fingerprint density at radius 3 is 2.60 bits per heavy atom. The maximum Gasteiger partial charge on any atom is 0.417 e. The fourth-order valence-electron chi connectivity index (χ4n) is 4.86. The predicted molar refractivity (Wildman–Crippen MR) is 147 cm³/mol. The molecule has 210 valence electrons. The number of likely N-dealkylation sites (tertiary alicyclic amines) is 1. The van der Waals surface area contributed by atoms with Crippen LogP contribution in [0.1, 0.15) is 52.4 Å². The molecule has 0 spiro atoms. The maximum atomic E-state index is 13.6. The lowest BCUT2D eigenvalue weighted by molar-refractivity contribution is -0.137. The molecule has 0 aliphatic carbocycles. The van der Waals surface area contributed by atoms with Crippen LogP contribution in [-0.2, 0) is 22.1 Å². The fourth-order valence-corrected chi connectivity index (χ4v) is 5.03. The third-order valence-electron chi connectivity index (χ3n) is 6.96. The van der Waals surface area contributed by atoms with Crippen molar-refractivity contribution in [2.75, 3.05) is 13.7 Å². The second-order valence-corrected chi connectivity index (χ2v) is 10.1. The van der Waals surface area contributed by atoms with Crippen molar-refractivity contribution in [3.63, 3.8) is 0 Å². The van der Waals surface area contributed by atoms with Crippen LogP contribution in [0.3, 0.4) is 0 Å². The van der Waals surface area contributed by atoms with Gasteiger partial charge in [-0.05, 0) is 71.8 Å². The summed E-state index contributed by atoms with van der Waals surface area (Å²) >= 11 is 5.81. The maximum absolute atomic E-state index is 13.6. The zero-order valence-electron chi connectivity index (χ0n) is 21.8. The number of aliphatic hydroxyl groups excluding tert-OH is 1. The molecule has 1 heterocycles. The van der Waals surface area contributed by atoms with E-state index < -0.39 is 23.8 Å². The predicted octanol–water partition coefficient (Wildman–Crippen LogP) is 7.03. The van der Waals surface area contributed by atoms with Crippen LogP contribution < -0.4 is 0 Å². The number of hydrogen-bond acceptors (Lipinski definition) is 4. The van der Waals surface area contributed by atoms with Gasteiger partial charge in [0.05, 0.1) is 30.4 Å². The second kappa shape index (κ2) is 12.7. The number of carbonyl (C=O) groups is 2. The number of hydrogen-bond donors (Lipinski definition) is 1. The molecule has 0 aromatic heterocycles. The number of halogens is 4. The van der Waals surface area contributed by atoms with Crippen LogP contribution in [-0.4, -0.2) is 41.6 Å². The molecule has 40 heavy (non-hydrogen) atoms. The Labute approximate surface area is 235 Å². The van der Waals surface area contributed by atoms with E-state index in [0.717, 1.165) is 24.5 Å². The van der Waals surface area contributed by atoms with Gasteiger partial charge in [-0.15, -0.1) is 0 Å². The molecule has 1 amide bonds. The van der Waals surface area contributed by atoms with Gasteiger partial charge in [0.15, 0.2) is 0 Å². The molecule has 0 radical (unpaired) electrons. The van der Waals surface area contributed by atoms with Crippen molar-refractivity contribution >= 4 is 23.5 Å². The van der Waals surface area contributed by atoms with Crippen LogP contribution >= 0.6 is 11.6 Å². The minimum absolute atomic E-state index is 0.0117. The first kappa shape index (κ1) is 29.4. The molecule has 2 atom stereocenters. The van der Waals surface area contributed by atoms with Crippen LogP contribution in [0.25, 0.3) is 11.1 Å². The van der Waals surface area contributed by atoms with Crippen molar-refractivity contribution in [1.29, 1.82) is 0 Å². The third kappa shape index (κ3) is 7.11. The Kier molecular flexibility index (Phi) is 9.32. The van der Waals surface area contributed by atoms with Crippen LogP contribution in [0, 0.1) is 0 Å². The van der Waals surface area contributed by atoms with Crippen LogP contribution in [0.15, 0.2) is 78.9 Å². The molecule has 1 N–H and O–H groups in total. The molecule has 0 saturated carbocycles. The summed E-state index contributed by atoms with van der Waals surface area (Å²) in [5.74, 6) is -0.358. The van der Waals surface area contributed by atoms with Crippen molar-refractivity contribution < 1.29 is 32.6 Å². The smallest absolute Gasteiger partial charge is 0.417 e. The van der Waals surface area contributed by atoms with Gasteiger partial charge in [-0.25, -0.2) is 4.79 Å². The van der Waals surface area contributed by atoms with Gasteiger partial charge in [0.25, 0.3) is 0 Å². The highest BCUT2D eigenvalue weighted by Gasteiger charge is 2.34. The monoisotopic (exact) mass is 571 g/mol. The molecule has 1 fully saturated rings. The highest BCUT2D eigenvalue weighted by Crippen LogP contribution is 2.39. The van der Waals surface area contributed by atoms with Gasteiger partial charge in [-0.2, -0.15) is 13.2 Å². The molecule has 1 unspecified atom stereocenters. The quantitative estimate of drug-likeness (QED) is 0.221. The number of methoxy groups -OCH3 is 1. The lowest BCUT2D eigenvalue weighted by Gasteiger charge is -2.23. The molecule has 1 saturated heterocycles. The van der Waals surface area contributed by atoms with Crippen molar-refractivity contribution in [3.8, 4) is 11.1 Å². The van der Waals surface area contributed by atoms with Crippen molar-refractivity contribution in [1.82, 2.24) is 4.90 Å². The van der Waals surface area contributed by atoms with E-state index in [1.54, 1.807) is 47.4 Å². The first-order valence-corrected chi connectivity index (χ1v) is 13.2. The zero-order chi connectivity index (χ0) is 28.9. The van der Waals surface area contributed by atoms with Gasteiger partial charge in [0, 0.05) is 18.0 Å². The van der Waals surface area contributed by atoms with E-state index in [2.05, 4.69) is 0 Å². The third-order valence-corrected chi connectivity index (χ3v) is 7.19. The molecule has 0 bridgehead atoms. The number of alkyl halides is 3. The topological polar surface area (TPSA) is 66.8 Å². The summed E-state index contributed by atoms with van der Waals surface area (Å²) in [6.07, 6.45) is 0.195. The summed E-state index contributed by atoms with van der Waals surface area (Å²) in [7, 11) is 1.33. The van der Waals surface area contributed by atoms with E-state index in [4.69, 9.17) is 16.3 Å². The number of rotatable bonds is 9. The Balaban J connectivity index is 1.41. The average molecular weight is 572 g/mol. The summed E-state index contributed by atoms with van der Waals surface area (Å²) in [5.41, 5.74) is 1.39. The number of benzene rings is 3. The molecule has 4 rings (SSSR count). The number of carbonyl (C=O) groups excluding carboxylic acids is 2. The van der Waals surface area contributed by atoms with Gasteiger partial charge >= 0.3 is 12.1 Å². The van der Waals surface area contributed by atoms with Crippen molar-refractivity contribution in [3.05, 3.63) is 106 Å². The van der Waals surface area contributed by atoms with Crippen LogP contribution in [0.5, 0.6) is 0 Å². The Bertz CT molecular complexity index is 1390. The largest absolute Gasteiger partial charge is 0.465 e. The summed E-state index contributed by atoms with van der Waals surface area (Å²) in [4.78, 5) is 25.9. The minimum atomic E-state index is -4.58. The minimum Gasteiger partial charge on any atom is -0.465 e. The Morgan fingerprint density at radius 1 is 1.15 bits per heavy atom. The summed E-state index contributed by atoms with van der Waals surface area (Å²) in [6.45, 7) is 0.537. The van der Waals surface area contributed by atoms with Gasteiger partial charge in [0.1, 0.15) is 0 Å². The summed E-state index contributed by atoms with van der Waals surface area (Å²) < 4.78 is 45.5. The number of amides is 1.